The Morgan fingerprint density at radius 1 is 1.13 bits per heavy atom. The molecule has 0 radical (unpaired) electrons. The summed E-state index contributed by atoms with van der Waals surface area (Å²) < 4.78 is 4.73. The number of carbonyl (C=O) groups excluding carboxylic acids is 2. The normalized spacial score (nSPS) is 9.60. The first kappa shape index (κ1) is 13.4. The summed E-state index contributed by atoms with van der Waals surface area (Å²) in [6.07, 6.45) is 0. The molecule has 0 N–H and O–H groups in total. The number of rotatable bonds is 5. The van der Waals surface area contributed by atoms with Gasteiger partial charge in [-0.2, -0.15) is 0 Å². The van der Waals surface area contributed by atoms with Crippen molar-refractivity contribution < 1.29 is 19.2 Å². The first-order valence-electron chi connectivity index (χ1n) is 4.26. The van der Waals surface area contributed by atoms with E-state index in [2.05, 4.69) is 13.2 Å². The van der Waals surface area contributed by atoms with Gasteiger partial charge in [-0.25, -0.2) is 9.59 Å². The lowest BCUT2D eigenvalue weighted by Crippen LogP contribution is -2.27. The SMILES string of the molecule is C=C(C)C(=O)OCN(C)OC(=O)C(=C)C. The predicted molar refractivity (Wildman–Crippen MR) is 54.4 cm³/mol. The first-order chi connectivity index (χ1) is 6.84. The van der Waals surface area contributed by atoms with Crippen LogP contribution in [-0.2, 0) is 19.2 Å². The van der Waals surface area contributed by atoms with Crippen LogP contribution in [0.4, 0.5) is 0 Å². The Morgan fingerprint density at radius 2 is 1.60 bits per heavy atom. The van der Waals surface area contributed by atoms with Crippen molar-refractivity contribution in [2.24, 2.45) is 0 Å². The minimum atomic E-state index is -0.566. The summed E-state index contributed by atoms with van der Waals surface area (Å²) in [6.45, 7) is 9.72. The van der Waals surface area contributed by atoms with E-state index in [4.69, 9.17) is 9.57 Å². The molecular weight excluding hydrogens is 198 g/mol. The van der Waals surface area contributed by atoms with E-state index in [-0.39, 0.29) is 17.9 Å². The Morgan fingerprint density at radius 3 is 2.00 bits per heavy atom. The molecule has 0 aliphatic carbocycles. The van der Waals surface area contributed by atoms with Crippen molar-refractivity contribution in [2.45, 2.75) is 13.8 Å². The highest BCUT2D eigenvalue weighted by Crippen LogP contribution is 1.97. The van der Waals surface area contributed by atoms with Crippen LogP contribution >= 0.6 is 0 Å². The van der Waals surface area contributed by atoms with Gasteiger partial charge in [0.2, 0.25) is 0 Å². The van der Waals surface area contributed by atoms with E-state index in [9.17, 15) is 9.59 Å². The summed E-state index contributed by atoms with van der Waals surface area (Å²) in [5.41, 5.74) is 0.558. The third-order valence-corrected chi connectivity index (χ3v) is 1.31. The fourth-order valence-corrected chi connectivity index (χ4v) is 0.519. The van der Waals surface area contributed by atoms with Gasteiger partial charge in [0.05, 0.1) is 0 Å². The minimum Gasteiger partial charge on any atom is -0.443 e. The highest BCUT2D eigenvalue weighted by atomic mass is 16.7. The van der Waals surface area contributed by atoms with Crippen LogP contribution in [0.5, 0.6) is 0 Å². The third kappa shape index (κ3) is 5.64. The Bertz CT molecular complexity index is 296. The number of esters is 1. The zero-order valence-electron chi connectivity index (χ0n) is 9.20. The number of hydroxylamine groups is 2. The zero-order chi connectivity index (χ0) is 12.0. The van der Waals surface area contributed by atoms with Gasteiger partial charge in [-0.15, -0.1) is 5.06 Å². The van der Waals surface area contributed by atoms with Gasteiger partial charge >= 0.3 is 11.9 Å². The number of nitrogens with zero attached hydrogens (tertiary/aromatic N) is 1. The average molecular weight is 213 g/mol. The number of carbonyl (C=O) groups is 2. The Balaban J connectivity index is 3.90. The molecule has 0 unspecified atom stereocenters. The second-order valence-corrected chi connectivity index (χ2v) is 3.13. The lowest BCUT2D eigenvalue weighted by atomic mass is 10.4. The lowest BCUT2D eigenvalue weighted by molar-refractivity contribution is -0.201. The summed E-state index contributed by atoms with van der Waals surface area (Å²) in [5.74, 6) is -1.10. The quantitative estimate of drug-likeness (QED) is 0.295. The van der Waals surface area contributed by atoms with Crippen LogP contribution in [0.2, 0.25) is 0 Å². The summed E-state index contributed by atoms with van der Waals surface area (Å²) in [6, 6.07) is 0. The van der Waals surface area contributed by atoms with E-state index >= 15 is 0 Å². The molecule has 0 aromatic rings. The van der Waals surface area contributed by atoms with Crippen molar-refractivity contribution in [3.8, 4) is 0 Å². The van der Waals surface area contributed by atoms with Crippen molar-refractivity contribution in [1.82, 2.24) is 5.06 Å². The molecule has 0 aliphatic rings. The van der Waals surface area contributed by atoms with Gasteiger partial charge in [0.15, 0.2) is 6.73 Å². The van der Waals surface area contributed by atoms with Gasteiger partial charge < -0.3 is 9.57 Å². The molecule has 0 amide bonds. The molecule has 5 nitrogen and oxygen atoms in total. The van der Waals surface area contributed by atoms with Gasteiger partial charge in [0.1, 0.15) is 0 Å². The molecule has 0 saturated carbocycles. The highest BCUT2D eigenvalue weighted by molar-refractivity contribution is 5.87. The van der Waals surface area contributed by atoms with Crippen LogP contribution in [0.3, 0.4) is 0 Å². The van der Waals surface area contributed by atoms with Crippen molar-refractivity contribution >= 4 is 11.9 Å². The van der Waals surface area contributed by atoms with Gasteiger partial charge in [-0.05, 0) is 13.8 Å². The van der Waals surface area contributed by atoms with Crippen LogP contribution in [0.25, 0.3) is 0 Å². The lowest BCUT2D eigenvalue weighted by Gasteiger charge is -2.15. The number of ether oxygens (including phenoxy) is 1. The minimum absolute atomic E-state index is 0.148. The topological polar surface area (TPSA) is 55.8 Å². The summed E-state index contributed by atoms with van der Waals surface area (Å²) >= 11 is 0. The molecule has 15 heavy (non-hydrogen) atoms. The van der Waals surface area contributed by atoms with Crippen molar-refractivity contribution in [3.05, 3.63) is 24.3 Å². The van der Waals surface area contributed by atoms with E-state index in [1.807, 2.05) is 0 Å². The van der Waals surface area contributed by atoms with E-state index in [1.165, 1.54) is 20.9 Å². The molecule has 5 heteroatoms. The summed E-state index contributed by atoms with van der Waals surface area (Å²) in [4.78, 5) is 26.7. The Labute approximate surface area is 88.9 Å². The molecule has 0 aromatic heterocycles. The molecule has 0 heterocycles. The van der Waals surface area contributed by atoms with E-state index in [1.54, 1.807) is 0 Å². The smallest absolute Gasteiger partial charge is 0.352 e. The molecule has 0 saturated heterocycles. The molecule has 0 spiro atoms. The maximum atomic E-state index is 11.0. The largest absolute Gasteiger partial charge is 0.443 e. The van der Waals surface area contributed by atoms with E-state index in [0.29, 0.717) is 0 Å². The van der Waals surface area contributed by atoms with Crippen molar-refractivity contribution in [3.63, 3.8) is 0 Å². The predicted octanol–water partition coefficient (Wildman–Crippen LogP) is 1.03. The molecule has 84 valence electrons. The second kappa shape index (κ2) is 5.98. The molecule has 0 aliphatic heterocycles. The Kier molecular flexibility index (Phi) is 5.33. The van der Waals surface area contributed by atoms with Crippen LogP contribution in [-0.4, -0.2) is 30.8 Å². The highest BCUT2D eigenvalue weighted by Gasteiger charge is 2.10. The van der Waals surface area contributed by atoms with Gasteiger partial charge in [-0.3, -0.25) is 0 Å². The second-order valence-electron chi connectivity index (χ2n) is 3.13. The van der Waals surface area contributed by atoms with Crippen molar-refractivity contribution in [1.29, 1.82) is 0 Å². The molecule has 0 fully saturated rings. The van der Waals surface area contributed by atoms with Crippen LogP contribution < -0.4 is 0 Å². The van der Waals surface area contributed by atoms with Gasteiger partial charge in [-0.1, -0.05) is 13.2 Å². The van der Waals surface area contributed by atoms with Gasteiger partial charge in [0, 0.05) is 18.2 Å². The summed E-state index contributed by atoms with van der Waals surface area (Å²) in [7, 11) is 1.46. The van der Waals surface area contributed by atoms with Crippen LogP contribution in [0.15, 0.2) is 24.3 Å². The summed E-state index contributed by atoms with van der Waals surface area (Å²) in [5, 5.41) is 1.10. The first-order valence-corrected chi connectivity index (χ1v) is 4.26. The molecule has 0 atom stereocenters. The van der Waals surface area contributed by atoms with E-state index < -0.39 is 11.9 Å². The monoisotopic (exact) mass is 213 g/mol. The molecular formula is C10H15NO4. The van der Waals surface area contributed by atoms with Gasteiger partial charge in [0.25, 0.3) is 0 Å². The molecule has 0 rings (SSSR count). The maximum absolute atomic E-state index is 11.0. The number of hydrogen-bond acceptors (Lipinski definition) is 5. The van der Waals surface area contributed by atoms with Crippen LogP contribution in [0, 0.1) is 0 Å². The average Bonchev–Trinajstić information content (AvgIpc) is 2.13. The molecule has 0 bridgehead atoms. The third-order valence-electron chi connectivity index (χ3n) is 1.31. The van der Waals surface area contributed by atoms with E-state index in [0.717, 1.165) is 5.06 Å². The van der Waals surface area contributed by atoms with Crippen LogP contribution in [0.1, 0.15) is 13.8 Å². The molecule has 0 aromatic carbocycles. The zero-order valence-corrected chi connectivity index (χ0v) is 9.20. The maximum Gasteiger partial charge on any atom is 0.352 e. The fourth-order valence-electron chi connectivity index (χ4n) is 0.519. The number of hydrogen-bond donors (Lipinski definition) is 0. The fraction of sp³-hybridized carbons (Fsp3) is 0.400. The Hall–Kier alpha value is -1.62. The standard InChI is InChI=1S/C10H15NO4/c1-7(2)9(12)14-6-11(5)15-10(13)8(3)4/h1,3,6H2,2,4-5H3. The van der Waals surface area contributed by atoms with Crippen molar-refractivity contribution in [2.75, 3.05) is 13.8 Å².